The Morgan fingerprint density at radius 1 is 1.31 bits per heavy atom. The Balaban J connectivity index is 1.96. The molecule has 1 fully saturated rings. The predicted molar refractivity (Wildman–Crippen MR) is 97.3 cm³/mol. The van der Waals surface area contributed by atoms with Crippen molar-refractivity contribution in [2.75, 3.05) is 6.54 Å². The van der Waals surface area contributed by atoms with Crippen LogP contribution in [-0.2, 0) is 19.6 Å². The Morgan fingerprint density at radius 3 is 2.58 bits per heavy atom. The molecule has 1 saturated carbocycles. The molecular formula is C17H23ClN2O5S. The lowest BCUT2D eigenvalue weighted by atomic mass is 9.89. The standard InChI is InChI=1S/C17H23ClN2O5S/c1-11(16(21)20-10-12-5-3-2-4-6-12)25-17(22)14-9-13(26(19,23)24)7-8-15(14)18/h7-9,11-12H,2-6,10H2,1H3,(H,20,21)(H2,19,23,24). The third-order valence-electron chi connectivity index (χ3n) is 4.43. The number of hydrogen-bond acceptors (Lipinski definition) is 5. The number of amides is 1. The highest BCUT2D eigenvalue weighted by molar-refractivity contribution is 7.89. The monoisotopic (exact) mass is 402 g/mol. The second kappa shape index (κ2) is 8.83. The van der Waals surface area contributed by atoms with Crippen LogP contribution in [0.25, 0.3) is 0 Å². The van der Waals surface area contributed by atoms with Gasteiger partial charge in [0.05, 0.1) is 15.5 Å². The first kappa shape index (κ1) is 20.7. The van der Waals surface area contributed by atoms with E-state index in [9.17, 15) is 18.0 Å². The molecule has 0 radical (unpaired) electrons. The van der Waals surface area contributed by atoms with Crippen molar-refractivity contribution in [3.05, 3.63) is 28.8 Å². The molecule has 0 heterocycles. The van der Waals surface area contributed by atoms with Crippen molar-refractivity contribution in [1.82, 2.24) is 5.32 Å². The molecule has 0 spiro atoms. The lowest BCUT2D eigenvalue weighted by molar-refractivity contribution is -0.129. The summed E-state index contributed by atoms with van der Waals surface area (Å²) in [6, 6.07) is 3.47. The number of halogens is 1. The number of nitrogens with two attached hydrogens (primary N) is 1. The third kappa shape index (κ3) is 5.69. The Kier molecular flexibility index (Phi) is 7.02. The van der Waals surface area contributed by atoms with Gasteiger partial charge in [0.25, 0.3) is 5.91 Å². The fourth-order valence-corrected chi connectivity index (χ4v) is 3.63. The number of carbonyl (C=O) groups is 2. The molecule has 1 aromatic carbocycles. The first-order valence-corrected chi connectivity index (χ1v) is 10.4. The number of rotatable bonds is 6. The van der Waals surface area contributed by atoms with Crippen LogP contribution < -0.4 is 10.5 Å². The van der Waals surface area contributed by atoms with E-state index in [1.165, 1.54) is 38.3 Å². The van der Waals surface area contributed by atoms with Crippen LogP contribution in [0, 0.1) is 5.92 Å². The number of carbonyl (C=O) groups excluding carboxylic acids is 2. The van der Waals surface area contributed by atoms with Gasteiger partial charge in [-0.25, -0.2) is 18.4 Å². The van der Waals surface area contributed by atoms with Crippen molar-refractivity contribution in [2.45, 2.75) is 50.0 Å². The van der Waals surface area contributed by atoms with Crippen LogP contribution in [0.3, 0.4) is 0 Å². The largest absolute Gasteiger partial charge is 0.449 e. The zero-order chi connectivity index (χ0) is 19.3. The van der Waals surface area contributed by atoms with Crippen LogP contribution in [0.15, 0.2) is 23.1 Å². The molecule has 1 aliphatic rings. The first-order chi connectivity index (χ1) is 12.2. The Morgan fingerprint density at radius 2 is 1.96 bits per heavy atom. The quantitative estimate of drug-likeness (QED) is 0.708. The summed E-state index contributed by atoms with van der Waals surface area (Å²) in [6.45, 7) is 2.01. The lowest BCUT2D eigenvalue weighted by Gasteiger charge is -2.22. The molecule has 0 bridgehead atoms. The van der Waals surface area contributed by atoms with Crippen LogP contribution >= 0.6 is 11.6 Å². The number of esters is 1. The van der Waals surface area contributed by atoms with Crippen molar-refractivity contribution in [1.29, 1.82) is 0 Å². The first-order valence-electron chi connectivity index (χ1n) is 8.49. The molecule has 2 rings (SSSR count). The van der Waals surface area contributed by atoms with E-state index >= 15 is 0 Å². The highest BCUT2D eigenvalue weighted by Crippen LogP contribution is 2.23. The van der Waals surface area contributed by atoms with Crippen molar-refractivity contribution in [3.8, 4) is 0 Å². The fraction of sp³-hybridized carbons (Fsp3) is 0.529. The third-order valence-corrected chi connectivity index (χ3v) is 5.67. The molecule has 144 valence electrons. The molecule has 0 aliphatic heterocycles. The number of benzene rings is 1. The number of ether oxygens (including phenoxy) is 1. The summed E-state index contributed by atoms with van der Waals surface area (Å²) in [5.74, 6) is -0.833. The second-order valence-corrected chi connectivity index (χ2v) is 8.45. The van der Waals surface area contributed by atoms with Crippen molar-refractivity contribution < 1.29 is 22.7 Å². The van der Waals surface area contributed by atoms with E-state index in [4.69, 9.17) is 21.5 Å². The number of nitrogens with one attached hydrogen (secondary N) is 1. The van der Waals surface area contributed by atoms with E-state index < -0.39 is 28.0 Å². The van der Waals surface area contributed by atoms with Crippen LogP contribution in [0.4, 0.5) is 0 Å². The SMILES string of the molecule is CC(OC(=O)c1cc(S(N)(=O)=O)ccc1Cl)C(=O)NCC1CCCCC1. The van der Waals surface area contributed by atoms with E-state index in [0.717, 1.165) is 18.9 Å². The van der Waals surface area contributed by atoms with Crippen molar-refractivity contribution in [2.24, 2.45) is 11.1 Å². The maximum Gasteiger partial charge on any atom is 0.340 e. The molecule has 3 N–H and O–H groups in total. The average Bonchev–Trinajstić information content (AvgIpc) is 2.59. The minimum Gasteiger partial charge on any atom is -0.449 e. The van der Waals surface area contributed by atoms with Gasteiger partial charge in [0, 0.05) is 6.54 Å². The van der Waals surface area contributed by atoms with Gasteiger partial charge in [0.15, 0.2) is 6.10 Å². The predicted octanol–water partition coefficient (Wildman–Crippen LogP) is 2.23. The molecule has 26 heavy (non-hydrogen) atoms. The average molecular weight is 403 g/mol. The molecule has 7 nitrogen and oxygen atoms in total. The molecule has 9 heteroatoms. The normalized spacial score (nSPS) is 16.7. The molecule has 1 atom stereocenters. The van der Waals surface area contributed by atoms with Gasteiger partial charge in [0.2, 0.25) is 10.0 Å². The van der Waals surface area contributed by atoms with E-state index in [2.05, 4.69) is 5.32 Å². The van der Waals surface area contributed by atoms with Crippen LogP contribution in [0.1, 0.15) is 49.4 Å². The minimum atomic E-state index is -3.99. The fourth-order valence-electron chi connectivity index (χ4n) is 2.90. The lowest BCUT2D eigenvalue weighted by Crippen LogP contribution is -2.38. The number of sulfonamides is 1. The zero-order valence-electron chi connectivity index (χ0n) is 14.5. The van der Waals surface area contributed by atoms with Crippen LogP contribution in [0.5, 0.6) is 0 Å². The van der Waals surface area contributed by atoms with Gasteiger partial charge in [-0.2, -0.15) is 0 Å². The van der Waals surface area contributed by atoms with Gasteiger partial charge < -0.3 is 10.1 Å². The summed E-state index contributed by atoms with van der Waals surface area (Å²) in [5.41, 5.74) is -0.162. The molecule has 1 aliphatic carbocycles. The smallest absolute Gasteiger partial charge is 0.340 e. The van der Waals surface area contributed by atoms with E-state index in [0.29, 0.717) is 12.5 Å². The molecule has 1 unspecified atom stereocenters. The second-order valence-electron chi connectivity index (χ2n) is 6.48. The maximum atomic E-state index is 12.2. The summed E-state index contributed by atoms with van der Waals surface area (Å²) < 4.78 is 27.9. The molecule has 0 saturated heterocycles. The molecular weight excluding hydrogens is 380 g/mol. The molecule has 0 aromatic heterocycles. The maximum absolute atomic E-state index is 12.2. The Bertz CT molecular complexity index is 775. The van der Waals surface area contributed by atoms with E-state index in [-0.39, 0.29) is 15.5 Å². The van der Waals surface area contributed by atoms with Gasteiger partial charge in [-0.15, -0.1) is 0 Å². The zero-order valence-corrected chi connectivity index (χ0v) is 16.1. The van der Waals surface area contributed by atoms with Gasteiger partial charge in [-0.1, -0.05) is 30.9 Å². The summed E-state index contributed by atoms with van der Waals surface area (Å²) in [7, 11) is -3.99. The van der Waals surface area contributed by atoms with Gasteiger partial charge in [0.1, 0.15) is 0 Å². The van der Waals surface area contributed by atoms with Crippen molar-refractivity contribution >= 4 is 33.5 Å². The summed E-state index contributed by atoms with van der Waals surface area (Å²) in [6.07, 6.45) is 4.72. The summed E-state index contributed by atoms with van der Waals surface area (Å²) >= 11 is 5.93. The topological polar surface area (TPSA) is 116 Å². The van der Waals surface area contributed by atoms with E-state index in [1.54, 1.807) is 0 Å². The molecule has 1 aromatic rings. The molecule has 1 amide bonds. The van der Waals surface area contributed by atoms with Crippen LogP contribution in [0.2, 0.25) is 5.02 Å². The van der Waals surface area contributed by atoms with Gasteiger partial charge in [-0.3, -0.25) is 4.79 Å². The van der Waals surface area contributed by atoms with Crippen LogP contribution in [-0.4, -0.2) is 32.9 Å². The minimum absolute atomic E-state index is 0.0113. The number of primary sulfonamides is 1. The van der Waals surface area contributed by atoms with Gasteiger partial charge in [-0.05, 0) is 43.9 Å². The Hall–Kier alpha value is -1.64. The highest BCUT2D eigenvalue weighted by atomic mass is 35.5. The number of hydrogen-bond donors (Lipinski definition) is 2. The summed E-state index contributed by atoms with van der Waals surface area (Å²) in [4.78, 5) is 24.1. The highest BCUT2D eigenvalue weighted by Gasteiger charge is 2.23. The van der Waals surface area contributed by atoms with E-state index in [1.807, 2.05) is 0 Å². The van der Waals surface area contributed by atoms with Crippen molar-refractivity contribution in [3.63, 3.8) is 0 Å². The summed E-state index contributed by atoms with van der Waals surface area (Å²) in [5, 5.41) is 7.85. The van der Waals surface area contributed by atoms with Gasteiger partial charge >= 0.3 is 5.97 Å². The Labute approximate surface area is 158 Å².